The molecule has 2 aliphatic rings. The van der Waals surface area contributed by atoms with E-state index >= 15 is 0 Å². The summed E-state index contributed by atoms with van der Waals surface area (Å²) in [5, 5.41) is 0.678. The summed E-state index contributed by atoms with van der Waals surface area (Å²) in [4.78, 5) is 36.9. The van der Waals surface area contributed by atoms with Crippen LogP contribution in [0.15, 0.2) is 23.0 Å². The first-order chi connectivity index (χ1) is 16.0. The van der Waals surface area contributed by atoms with Gasteiger partial charge in [-0.3, -0.25) is 9.59 Å². The van der Waals surface area contributed by atoms with Gasteiger partial charge in [-0.1, -0.05) is 6.07 Å². The van der Waals surface area contributed by atoms with Crippen molar-refractivity contribution in [2.75, 3.05) is 25.5 Å². The van der Waals surface area contributed by atoms with E-state index in [1.165, 1.54) is 11.8 Å². The van der Waals surface area contributed by atoms with Crippen LogP contribution in [0.2, 0.25) is 0 Å². The summed E-state index contributed by atoms with van der Waals surface area (Å²) in [6, 6.07) is 6.09. The number of likely N-dealkylation sites (tertiary alicyclic amines) is 1. The number of thioether (sulfide) groups is 1. The molecule has 1 N–H and O–H groups in total. The lowest BCUT2D eigenvalue weighted by Crippen LogP contribution is -2.32. The normalized spacial score (nSPS) is 18.0. The van der Waals surface area contributed by atoms with Crippen molar-refractivity contribution >= 4 is 39.2 Å². The molecule has 1 fully saturated rings. The predicted octanol–water partition coefficient (Wildman–Crippen LogP) is 4.36. The highest BCUT2D eigenvalue weighted by molar-refractivity contribution is 7.99. The third kappa shape index (κ3) is 4.48. The first-order valence-corrected chi connectivity index (χ1v) is 13.2. The molecule has 0 spiro atoms. The van der Waals surface area contributed by atoms with E-state index in [2.05, 4.69) is 9.97 Å². The number of rotatable bonds is 5. The molecule has 2 aliphatic heterocycles. The lowest BCUT2D eigenvalue weighted by atomic mass is 10.0. The number of aromatic nitrogens is 2. The highest BCUT2D eigenvalue weighted by Gasteiger charge is 2.30. The van der Waals surface area contributed by atoms with Crippen LogP contribution in [0.25, 0.3) is 10.2 Å². The van der Waals surface area contributed by atoms with Gasteiger partial charge in [0.1, 0.15) is 10.7 Å². The van der Waals surface area contributed by atoms with E-state index in [9.17, 15) is 9.59 Å². The van der Waals surface area contributed by atoms with Gasteiger partial charge in [-0.2, -0.15) is 0 Å². The smallest absolute Gasteiger partial charge is 0.259 e. The Hall–Kier alpha value is -2.52. The van der Waals surface area contributed by atoms with Crippen molar-refractivity contribution in [1.29, 1.82) is 0 Å². The number of ether oxygens (including phenoxy) is 2. The Morgan fingerprint density at radius 2 is 2.06 bits per heavy atom. The van der Waals surface area contributed by atoms with Crippen LogP contribution in [-0.4, -0.2) is 46.3 Å². The Kier molecular flexibility index (Phi) is 6.34. The number of carbonyl (C=O) groups is 1. The third-order valence-corrected chi connectivity index (χ3v) is 8.31. The molecule has 2 aromatic heterocycles. The number of carbonyl (C=O) groups excluding carboxylic acids is 1. The van der Waals surface area contributed by atoms with Crippen LogP contribution >= 0.6 is 23.1 Å². The van der Waals surface area contributed by atoms with Gasteiger partial charge >= 0.3 is 0 Å². The summed E-state index contributed by atoms with van der Waals surface area (Å²) in [7, 11) is 0. The molecule has 1 aromatic carbocycles. The Balaban J connectivity index is 1.24. The average molecular weight is 486 g/mol. The van der Waals surface area contributed by atoms with Crippen LogP contribution in [0, 0.1) is 13.8 Å². The molecule has 174 valence electrons. The Morgan fingerprint density at radius 3 is 2.91 bits per heavy atom. The Morgan fingerprint density at radius 1 is 1.24 bits per heavy atom. The summed E-state index contributed by atoms with van der Waals surface area (Å²) in [5.74, 6) is 3.12. The van der Waals surface area contributed by atoms with Crippen molar-refractivity contribution in [3.63, 3.8) is 0 Å². The minimum atomic E-state index is -0.0993. The van der Waals surface area contributed by atoms with Crippen LogP contribution in [0.4, 0.5) is 0 Å². The van der Waals surface area contributed by atoms with Crippen molar-refractivity contribution in [2.24, 2.45) is 0 Å². The fourth-order valence-electron chi connectivity index (χ4n) is 4.48. The standard InChI is InChI=1S/C24H27N3O4S2/c1-14-15(2)33-24-22(14)23(29)25-20(26-24)12-32-13-21(28)27-8-3-5-17(27)16-6-7-18-19(11-16)31-10-4-9-30-18/h6-7,11,17H,3-5,8-10,12-13H2,1-2H3,(H,25,26,29)/t17-/m1/s1. The van der Waals surface area contributed by atoms with Crippen molar-refractivity contribution in [2.45, 2.75) is 44.9 Å². The summed E-state index contributed by atoms with van der Waals surface area (Å²) in [6.07, 6.45) is 2.80. The van der Waals surface area contributed by atoms with E-state index in [4.69, 9.17) is 9.47 Å². The third-order valence-electron chi connectivity index (χ3n) is 6.28. The fraction of sp³-hybridized carbons (Fsp3) is 0.458. The van der Waals surface area contributed by atoms with Gasteiger partial charge in [-0.25, -0.2) is 4.98 Å². The largest absolute Gasteiger partial charge is 0.490 e. The monoisotopic (exact) mass is 485 g/mol. The molecule has 1 amide bonds. The topological polar surface area (TPSA) is 84.5 Å². The van der Waals surface area contributed by atoms with E-state index in [-0.39, 0.29) is 17.5 Å². The zero-order valence-electron chi connectivity index (χ0n) is 18.8. The van der Waals surface area contributed by atoms with Crippen molar-refractivity contribution in [3.05, 3.63) is 50.4 Å². The number of fused-ring (bicyclic) bond motifs is 2. The summed E-state index contributed by atoms with van der Waals surface area (Å²) >= 11 is 3.03. The second-order valence-corrected chi connectivity index (χ2v) is 10.7. The summed E-state index contributed by atoms with van der Waals surface area (Å²) in [5.41, 5.74) is 1.99. The minimum absolute atomic E-state index is 0.0570. The van der Waals surface area contributed by atoms with Crippen LogP contribution in [-0.2, 0) is 10.5 Å². The predicted molar refractivity (Wildman–Crippen MR) is 132 cm³/mol. The molecule has 33 heavy (non-hydrogen) atoms. The SMILES string of the molecule is Cc1sc2nc(CSCC(=O)N3CCC[C@@H]3c3ccc4c(c3)OCCCO4)[nH]c(=O)c2c1C. The molecule has 0 saturated carbocycles. The van der Waals surface area contributed by atoms with E-state index in [0.29, 0.717) is 35.9 Å². The second kappa shape index (κ2) is 9.38. The summed E-state index contributed by atoms with van der Waals surface area (Å²) < 4.78 is 11.6. The molecule has 7 nitrogen and oxygen atoms in total. The Labute approximate surface area is 200 Å². The number of hydrogen-bond donors (Lipinski definition) is 1. The number of H-pyrrole nitrogens is 1. The quantitative estimate of drug-likeness (QED) is 0.578. The molecular weight excluding hydrogens is 458 g/mol. The first-order valence-electron chi connectivity index (χ1n) is 11.3. The zero-order valence-corrected chi connectivity index (χ0v) is 20.4. The zero-order chi connectivity index (χ0) is 22.9. The number of amides is 1. The first kappa shape index (κ1) is 22.3. The molecule has 0 unspecified atom stereocenters. The maximum absolute atomic E-state index is 13.0. The van der Waals surface area contributed by atoms with Crippen LogP contribution < -0.4 is 15.0 Å². The van der Waals surface area contributed by atoms with E-state index in [0.717, 1.165) is 58.1 Å². The summed E-state index contributed by atoms with van der Waals surface area (Å²) in [6.45, 7) is 6.02. The number of nitrogens with one attached hydrogen (secondary N) is 1. The maximum atomic E-state index is 13.0. The van der Waals surface area contributed by atoms with Crippen molar-refractivity contribution in [1.82, 2.24) is 14.9 Å². The molecule has 0 aliphatic carbocycles. The number of aryl methyl sites for hydroxylation is 2. The molecule has 9 heteroatoms. The fourth-order valence-corrected chi connectivity index (χ4v) is 6.31. The number of aromatic amines is 1. The molecule has 0 radical (unpaired) electrons. The molecule has 0 bridgehead atoms. The van der Waals surface area contributed by atoms with Crippen LogP contribution in [0.3, 0.4) is 0 Å². The van der Waals surface area contributed by atoms with Crippen LogP contribution in [0.5, 0.6) is 11.5 Å². The van der Waals surface area contributed by atoms with Gasteiger partial charge in [-0.15, -0.1) is 23.1 Å². The number of benzene rings is 1. The van der Waals surface area contributed by atoms with Gasteiger partial charge in [0, 0.05) is 17.8 Å². The van der Waals surface area contributed by atoms with Gasteiger partial charge in [0.25, 0.3) is 5.56 Å². The van der Waals surface area contributed by atoms with Crippen molar-refractivity contribution in [3.8, 4) is 11.5 Å². The number of nitrogens with zero attached hydrogens (tertiary/aromatic N) is 2. The minimum Gasteiger partial charge on any atom is -0.490 e. The second-order valence-electron chi connectivity index (χ2n) is 8.47. The van der Waals surface area contributed by atoms with Gasteiger partial charge in [-0.05, 0) is 49.9 Å². The number of thiophene rings is 1. The lowest BCUT2D eigenvalue weighted by molar-refractivity contribution is -0.129. The van der Waals surface area contributed by atoms with Gasteiger partial charge in [0.2, 0.25) is 5.91 Å². The van der Waals surface area contributed by atoms with Gasteiger partial charge in [0.05, 0.1) is 36.1 Å². The van der Waals surface area contributed by atoms with E-state index < -0.39 is 0 Å². The highest BCUT2D eigenvalue weighted by Crippen LogP contribution is 2.38. The van der Waals surface area contributed by atoms with E-state index in [1.807, 2.05) is 36.9 Å². The molecule has 5 rings (SSSR count). The Bertz CT molecular complexity index is 1250. The van der Waals surface area contributed by atoms with Gasteiger partial charge in [0.15, 0.2) is 11.5 Å². The van der Waals surface area contributed by atoms with Gasteiger partial charge < -0.3 is 19.4 Å². The molecule has 1 atom stereocenters. The molecule has 3 aromatic rings. The molecule has 1 saturated heterocycles. The maximum Gasteiger partial charge on any atom is 0.259 e. The average Bonchev–Trinajstić information content (AvgIpc) is 3.31. The molecule has 4 heterocycles. The lowest BCUT2D eigenvalue weighted by Gasteiger charge is -2.25. The number of hydrogen-bond acceptors (Lipinski definition) is 7. The highest BCUT2D eigenvalue weighted by atomic mass is 32.2. The van der Waals surface area contributed by atoms with E-state index in [1.54, 1.807) is 11.3 Å². The van der Waals surface area contributed by atoms with Crippen molar-refractivity contribution < 1.29 is 14.3 Å². The van der Waals surface area contributed by atoms with Crippen LogP contribution in [0.1, 0.15) is 47.1 Å². The molecular formula is C24H27N3O4S2.